The molecule has 0 nitrogen and oxygen atoms in total. The maximum Gasteiger partial charge on any atom is 0.0673 e. The van der Waals surface area contributed by atoms with Gasteiger partial charge in [0.25, 0.3) is 0 Å². The summed E-state index contributed by atoms with van der Waals surface area (Å²) in [6, 6.07) is 18.2. The Kier molecular flexibility index (Phi) is 4.00. The largest absolute Gasteiger partial charge is 0.0842 e. The van der Waals surface area contributed by atoms with E-state index < -0.39 is 0 Å². The minimum Gasteiger partial charge on any atom is -0.0842 e. The lowest BCUT2D eigenvalue weighted by Gasteiger charge is -2.38. The highest BCUT2D eigenvalue weighted by Gasteiger charge is 2.48. The molecule has 0 fully saturated rings. The molecule has 128 valence electrons. The lowest BCUT2D eigenvalue weighted by Crippen LogP contribution is -2.31. The molecule has 1 atom stereocenters. The second-order valence-electron chi connectivity index (χ2n) is 7.30. The Bertz CT molecular complexity index is 988. The molecule has 26 heavy (non-hydrogen) atoms. The first kappa shape index (κ1) is 16.3. The van der Waals surface area contributed by atoms with Gasteiger partial charge in [-0.05, 0) is 88.2 Å². The molecule has 2 aromatic rings. The second kappa shape index (κ2) is 6.38. The molecule has 0 saturated heterocycles. The van der Waals surface area contributed by atoms with Crippen LogP contribution in [0.15, 0.2) is 90.1 Å². The molecule has 0 spiro atoms. The normalized spacial score (nSPS) is 23.7. The van der Waals surface area contributed by atoms with Crippen LogP contribution < -0.4 is 0 Å². The Labute approximate surface area is 169 Å². The number of benzene rings is 2. The quantitative estimate of drug-likeness (QED) is 0.436. The number of rotatable bonds is 2. The first-order valence-corrected chi connectivity index (χ1v) is 10.5. The molecule has 0 N–H and O–H groups in total. The Morgan fingerprint density at radius 2 is 1.73 bits per heavy atom. The van der Waals surface area contributed by atoms with Gasteiger partial charge in [0.1, 0.15) is 0 Å². The third kappa shape index (κ3) is 2.26. The fourth-order valence-corrected chi connectivity index (χ4v) is 5.47. The van der Waals surface area contributed by atoms with Crippen molar-refractivity contribution in [2.45, 2.75) is 31.1 Å². The van der Waals surface area contributed by atoms with Crippen LogP contribution in [0.2, 0.25) is 0 Å². The predicted octanol–water partition coefficient (Wildman–Crippen LogP) is 6.97. The van der Waals surface area contributed by atoms with Crippen molar-refractivity contribution in [3.05, 3.63) is 110 Å². The minimum absolute atomic E-state index is 0.130. The van der Waals surface area contributed by atoms with Crippen molar-refractivity contribution in [1.29, 1.82) is 0 Å². The van der Waals surface area contributed by atoms with E-state index in [0.717, 1.165) is 25.7 Å². The van der Waals surface area contributed by atoms with Crippen molar-refractivity contribution in [3.63, 3.8) is 0 Å². The monoisotopic (exact) mass is 448 g/mol. The van der Waals surface area contributed by atoms with Gasteiger partial charge >= 0.3 is 0 Å². The van der Waals surface area contributed by atoms with Gasteiger partial charge in [0.15, 0.2) is 0 Å². The summed E-state index contributed by atoms with van der Waals surface area (Å²) in [6.07, 6.45) is 16.3. The Morgan fingerprint density at radius 3 is 2.54 bits per heavy atom. The van der Waals surface area contributed by atoms with Gasteiger partial charge in [-0.15, -0.1) is 0 Å². The molecule has 0 heterocycles. The van der Waals surface area contributed by atoms with Crippen LogP contribution in [0.4, 0.5) is 0 Å². The predicted molar refractivity (Wildman–Crippen MR) is 118 cm³/mol. The standard InChI is InChI=1S/C25H21I/c26-20-15-16-22-21-13-7-8-14-23(21)25(24(22)17-20,18-9-3-1-4-10-18)19-11-5-2-6-12-19/h1-5,8-11,14-17H,6-7,12-13H2. The molecule has 0 aromatic heterocycles. The van der Waals surface area contributed by atoms with Crippen LogP contribution in [-0.4, -0.2) is 0 Å². The van der Waals surface area contributed by atoms with Gasteiger partial charge in [-0.3, -0.25) is 0 Å². The Morgan fingerprint density at radius 1 is 0.885 bits per heavy atom. The van der Waals surface area contributed by atoms with E-state index in [0.29, 0.717) is 0 Å². The average Bonchev–Trinajstić information content (AvgIpc) is 3.00. The molecule has 1 heteroatoms. The Hall–Kier alpha value is -1.87. The molecule has 3 aliphatic carbocycles. The van der Waals surface area contributed by atoms with Crippen LogP contribution in [0.25, 0.3) is 5.57 Å². The third-order valence-electron chi connectivity index (χ3n) is 5.99. The Balaban J connectivity index is 1.91. The molecular weight excluding hydrogens is 427 g/mol. The van der Waals surface area contributed by atoms with Crippen LogP contribution in [-0.2, 0) is 5.41 Å². The number of hydrogen-bond acceptors (Lipinski definition) is 0. The molecule has 0 radical (unpaired) electrons. The molecule has 0 bridgehead atoms. The van der Waals surface area contributed by atoms with E-state index in [1.54, 1.807) is 5.57 Å². The number of halogens is 1. The van der Waals surface area contributed by atoms with E-state index in [1.165, 1.54) is 31.4 Å². The summed E-state index contributed by atoms with van der Waals surface area (Å²) in [7, 11) is 0. The highest BCUT2D eigenvalue weighted by Crippen LogP contribution is 2.58. The maximum atomic E-state index is 2.46. The number of hydrogen-bond donors (Lipinski definition) is 0. The topological polar surface area (TPSA) is 0 Å². The molecule has 3 aliphatic rings. The van der Waals surface area contributed by atoms with Crippen LogP contribution in [0.1, 0.15) is 42.4 Å². The van der Waals surface area contributed by atoms with Crippen molar-refractivity contribution in [2.24, 2.45) is 0 Å². The maximum absolute atomic E-state index is 2.46. The van der Waals surface area contributed by atoms with E-state index in [-0.39, 0.29) is 5.41 Å². The third-order valence-corrected chi connectivity index (χ3v) is 6.66. The van der Waals surface area contributed by atoms with Gasteiger partial charge in [0.05, 0.1) is 5.41 Å². The first-order chi connectivity index (χ1) is 12.8. The van der Waals surface area contributed by atoms with Crippen molar-refractivity contribution in [3.8, 4) is 0 Å². The van der Waals surface area contributed by atoms with E-state index >= 15 is 0 Å². The summed E-state index contributed by atoms with van der Waals surface area (Å²) in [5.41, 5.74) is 8.81. The van der Waals surface area contributed by atoms with E-state index in [4.69, 9.17) is 0 Å². The highest BCUT2D eigenvalue weighted by atomic mass is 127. The summed E-state index contributed by atoms with van der Waals surface area (Å²) in [4.78, 5) is 0. The van der Waals surface area contributed by atoms with Gasteiger partial charge in [0, 0.05) is 3.57 Å². The first-order valence-electron chi connectivity index (χ1n) is 9.44. The summed E-state index contributed by atoms with van der Waals surface area (Å²) < 4.78 is 1.32. The smallest absolute Gasteiger partial charge is 0.0673 e. The summed E-state index contributed by atoms with van der Waals surface area (Å²) in [6.45, 7) is 0. The zero-order chi connectivity index (χ0) is 17.6. The lowest BCUT2D eigenvalue weighted by atomic mass is 9.64. The SMILES string of the molecule is Ic1ccc2c(c1)C(C1=CC=CCC1)(c1ccccc1)C1=C2CCC=C1. The summed E-state index contributed by atoms with van der Waals surface area (Å²) >= 11 is 2.46. The van der Waals surface area contributed by atoms with Gasteiger partial charge in [-0.25, -0.2) is 0 Å². The van der Waals surface area contributed by atoms with Gasteiger partial charge in [-0.1, -0.05) is 72.4 Å². The zero-order valence-electron chi connectivity index (χ0n) is 14.7. The van der Waals surface area contributed by atoms with E-state index in [2.05, 4.69) is 102 Å². The van der Waals surface area contributed by atoms with Gasteiger partial charge < -0.3 is 0 Å². The molecule has 2 aromatic carbocycles. The van der Waals surface area contributed by atoms with E-state index in [1.807, 2.05) is 0 Å². The van der Waals surface area contributed by atoms with Crippen LogP contribution in [0.5, 0.6) is 0 Å². The van der Waals surface area contributed by atoms with Crippen molar-refractivity contribution in [2.75, 3.05) is 0 Å². The summed E-state index contributed by atoms with van der Waals surface area (Å²) in [5.74, 6) is 0. The lowest BCUT2D eigenvalue weighted by molar-refractivity contribution is 0.684. The zero-order valence-corrected chi connectivity index (χ0v) is 16.9. The molecular formula is C25H21I. The highest BCUT2D eigenvalue weighted by molar-refractivity contribution is 14.1. The van der Waals surface area contributed by atoms with Gasteiger partial charge in [-0.2, -0.15) is 0 Å². The summed E-state index contributed by atoms with van der Waals surface area (Å²) in [5, 5.41) is 0. The molecule has 0 aliphatic heterocycles. The van der Waals surface area contributed by atoms with Crippen LogP contribution >= 0.6 is 22.6 Å². The van der Waals surface area contributed by atoms with Gasteiger partial charge in [0.2, 0.25) is 0 Å². The van der Waals surface area contributed by atoms with Crippen LogP contribution in [0.3, 0.4) is 0 Å². The molecule has 5 rings (SSSR count). The fourth-order valence-electron chi connectivity index (χ4n) is 4.98. The number of fused-ring (bicyclic) bond motifs is 2. The van der Waals surface area contributed by atoms with Crippen LogP contribution in [0, 0.1) is 3.57 Å². The molecule has 0 saturated carbocycles. The number of allylic oxidation sites excluding steroid dienone is 8. The fraction of sp³-hybridized carbons (Fsp3) is 0.200. The second-order valence-corrected chi connectivity index (χ2v) is 8.54. The minimum atomic E-state index is -0.130. The van der Waals surface area contributed by atoms with E-state index in [9.17, 15) is 0 Å². The average molecular weight is 448 g/mol. The van der Waals surface area contributed by atoms with Crippen molar-refractivity contribution >= 4 is 28.2 Å². The molecule has 1 unspecified atom stereocenters. The van der Waals surface area contributed by atoms with Crippen molar-refractivity contribution in [1.82, 2.24) is 0 Å². The van der Waals surface area contributed by atoms with Crippen molar-refractivity contribution < 1.29 is 0 Å². The molecule has 0 amide bonds.